The van der Waals surface area contributed by atoms with E-state index < -0.39 is 21.0 Å². The van der Waals surface area contributed by atoms with E-state index in [4.69, 9.17) is 5.73 Å². The summed E-state index contributed by atoms with van der Waals surface area (Å²) in [4.78, 5) is 24.6. The first-order valence-corrected chi connectivity index (χ1v) is 10.1. The average molecular weight is 382 g/mol. The van der Waals surface area contributed by atoms with Gasteiger partial charge in [-0.1, -0.05) is 6.07 Å². The van der Waals surface area contributed by atoms with Gasteiger partial charge in [0.05, 0.1) is 9.82 Å². The molecule has 0 radical (unpaired) electrons. The summed E-state index contributed by atoms with van der Waals surface area (Å²) in [5.41, 5.74) is 5.63. The van der Waals surface area contributed by atoms with Gasteiger partial charge in [0.2, 0.25) is 15.9 Å². The lowest BCUT2D eigenvalue weighted by atomic mass is 10.1. The summed E-state index contributed by atoms with van der Waals surface area (Å²) in [5, 5.41) is 10.9. The summed E-state index contributed by atoms with van der Waals surface area (Å²) in [6, 6.07) is 4.06. The number of nitro groups is 1. The van der Waals surface area contributed by atoms with E-state index >= 15 is 0 Å². The Labute approximate surface area is 152 Å². The normalized spacial score (nSPS) is 24.6. The fourth-order valence-electron chi connectivity index (χ4n) is 3.59. The van der Waals surface area contributed by atoms with Crippen LogP contribution in [0.25, 0.3) is 0 Å². The highest BCUT2D eigenvalue weighted by atomic mass is 32.2. The molecule has 9 nitrogen and oxygen atoms in total. The smallest absolute Gasteiger partial charge is 0.270 e. The fraction of sp³-hybridized carbons (Fsp3) is 0.562. The van der Waals surface area contributed by atoms with Gasteiger partial charge in [-0.15, -0.1) is 0 Å². The molecule has 1 aromatic carbocycles. The van der Waals surface area contributed by atoms with Crippen molar-refractivity contribution in [3.05, 3.63) is 34.4 Å². The summed E-state index contributed by atoms with van der Waals surface area (Å²) in [7, 11) is -3.99. The molecule has 26 heavy (non-hydrogen) atoms. The van der Waals surface area contributed by atoms with Crippen LogP contribution in [0.2, 0.25) is 0 Å². The van der Waals surface area contributed by atoms with Crippen LogP contribution < -0.4 is 5.73 Å². The molecule has 2 aliphatic rings. The van der Waals surface area contributed by atoms with Crippen LogP contribution in [-0.2, 0) is 14.8 Å². The minimum atomic E-state index is -3.99. The molecule has 0 aromatic heterocycles. The Hall–Kier alpha value is -2.04. The lowest BCUT2D eigenvalue weighted by molar-refractivity contribution is -0.385. The SMILES string of the molecule is NC1CCCN(C(=O)C2CCCN2S(=O)(=O)c2cccc([N+](=O)[O-])c2)C1. The zero-order chi connectivity index (χ0) is 18.9. The summed E-state index contributed by atoms with van der Waals surface area (Å²) >= 11 is 0. The maximum Gasteiger partial charge on any atom is 0.270 e. The van der Waals surface area contributed by atoms with E-state index in [-0.39, 0.29) is 29.1 Å². The number of amides is 1. The zero-order valence-electron chi connectivity index (χ0n) is 14.3. The average Bonchev–Trinajstić information content (AvgIpc) is 3.11. The molecule has 0 bridgehead atoms. The van der Waals surface area contributed by atoms with Crippen LogP contribution >= 0.6 is 0 Å². The minimum Gasteiger partial charge on any atom is -0.340 e. The third-order valence-corrected chi connectivity index (χ3v) is 6.80. The number of non-ortho nitro benzene ring substituents is 1. The highest BCUT2D eigenvalue weighted by Crippen LogP contribution is 2.29. The Balaban J connectivity index is 1.85. The van der Waals surface area contributed by atoms with E-state index in [0.717, 1.165) is 18.9 Å². The molecule has 2 aliphatic heterocycles. The summed E-state index contributed by atoms with van der Waals surface area (Å²) in [6.45, 7) is 1.23. The Morgan fingerprint density at radius 1 is 1.23 bits per heavy atom. The van der Waals surface area contributed by atoms with Gasteiger partial charge in [-0.2, -0.15) is 4.31 Å². The maximum absolute atomic E-state index is 13.0. The predicted molar refractivity (Wildman–Crippen MR) is 93.8 cm³/mol. The molecule has 0 aliphatic carbocycles. The van der Waals surface area contributed by atoms with E-state index in [0.29, 0.717) is 25.9 Å². The van der Waals surface area contributed by atoms with Crippen molar-refractivity contribution in [2.24, 2.45) is 5.73 Å². The second-order valence-electron chi connectivity index (χ2n) is 6.71. The fourth-order valence-corrected chi connectivity index (χ4v) is 5.28. The topological polar surface area (TPSA) is 127 Å². The first kappa shape index (κ1) is 18.7. The molecule has 2 N–H and O–H groups in total. The molecule has 1 amide bonds. The molecule has 0 saturated carbocycles. The number of carbonyl (C=O) groups excluding carboxylic acids is 1. The van der Waals surface area contributed by atoms with Gasteiger partial charge in [-0.05, 0) is 31.7 Å². The van der Waals surface area contributed by atoms with Crippen LogP contribution in [0.5, 0.6) is 0 Å². The number of sulfonamides is 1. The van der Waals surface area contributed by atoms with E-state index in [9.17, 15) is 23.3 Å². The molecule has 2 heterocycles. The zero-order valence-corrected chi connectivity index (χ0v) is 15.1. The first-order valence-electron chi connectivity index (χ1n) is 8.61. The number of nitrogens with two attached hydrogens (primary N) is 1. The Bertz CT molecular complexity index is 813. The number of benzene rings is 1. The largest absolute Gasteiger partial charge is 0.340 e. The standard InChI is InChI=1S/C16H22N4O5S/c17-12-4-2-8-18(11-12)16(21)15-7-3-9-19(15)26(24,25)14-6-1-5-13(10-14)20(22)23/h1,5-6,10,12,15H,2-4,7-9,11,17H2. The summed E-state index contributed by atoms with van der Waals surface area (Å²) in [5.74, 6) is -0.230. The van der Waals surface area contributed by atoms with Crippen molar-refractivity contribution in [2.45, 2.75) is 42.7 Å². The predicted octanol–water partition coefficient (Wildman–Crippen LogP) is 0.698. The van der Waals surface area contributed by atoms with Crippen LogP contribution in [0.15, 0.2) is 29.2 Å². The maximum atomic E-state index is 13.0. The third-order valence-electron chi connectivity index (χ3n) is 4.89. The van der Waals surface area contributed by atoms with Gasteiger partial charge in [0.15, 0.2) is 0 Å². The number of piperidine rings is 1. The van der Waals surface area contributed by atoms with Crippen molar-refractivity contribution >= 4 is 21.6 Å². The van der Waals surface area contributed by atoms with Crippen LogP contribution in [0, 0.1) is 10.1 Å². The lowest BCUT2D eigenvalue weighted by Crippen LogP contribution is -2.52. The van der Waals surface area contributed by atoms with Crippen molar-refractivity contribution < 1.29 is 18.1 Å². The molecule has 1 aromatic rings. The summed E-state index contributed by atoms with van der Waals surface area (Å²) < 4.78 is 27.1. The molecule has 2 atom stereocenters. The van der Waals surface area contributed by atoms with E-state index in [1.165, 1.54) is 22.5 Å². The lowest BCUT2D eigenvalue weighted by Gasteiger charge is -2.34. The molecular formula is C16H22N4O5S. The second kappa shape index (κ2) is 7.29. The Kier molecular flexibility index (Phi) is 5.26. The number of hydrogen-bond acceptors (Lipinski definition) is 6. The molecule has 2 saturated heterocycles. The number of nitrogens with zero attached hydrogens (tertiary/aromatic N) is 3. The van der Waals surface area contributed by atoms with E-state index in [2.05, 4.69) is 0 Å². The van der Waals surface area contributed by atoms with Crippen molar-refractivity contribution in [3.8, 4) is 0 Å². The van der Waals surface area contributed by atoms with Gasteiger partial charge in [0, 0.05) is 37.8 Å². The Morgan fingerprint density at radius 2 is 1.96 bits per heavy atom. The molecule has 3 rings (SSSR count). The first-order chi connectivity index (χ1) is 12.3. The molecule has 142 valence electrons. The molecule has 0 spiro atoms. The molecule has 2 unspecified atom stereocenters. The van der Waals surface area contributed by atoms with Crippen LogP contribution in [0.4, 0.5) is 5.69 Å². The Morgan fingerprint density at radius 3 is 2.65 bits per heavy atom. The third kappa shape index (κ3) is 3.57. The second-order valence-corrected chi connectivity index (χ2v) is 8.61. The molecular weight excluding hydrogens is 360 g/mol. The number of nitro benzene ring substituents is 1. The van der Waals surface area contributed by atoms with Gasteiger partial charge < -0.3 is 10.6 Å². The quantitative estimate of drug-likeness (QED) is 0.603. The van der Waals surface area contributed by atoms with Crippen molar-refractivity contribution in [2.75, 3.05) is 19.6 Å². The summed E-state index contributed by atoms with van der Waals surface area (Å²) in [6.07, 6.45) is 2.67. The van der Waals surface area contributed by atoms with E-state index in [1.807, 2.05) is 0 Å². The number of rotatable bonds is 4. The van der Waals surface area contributed by atoms with Crippen molar-refractivity contribution in [1.82, 2.24) is 9.21 Å². The monoisotopic (exact) mass is 382 g/mol. The minimum absolute atomic E-state index is 0.0871. The van der Waals surface area contributed by atoms with Gasteiger partial charge >= 0.3 is 0 Å². The number of hydrogen-bond donors (Lipinski definition) is 1. The highest BCUT2D eigenvalue weighted by molar-refractivity contribution is 7.89. The molecule has 10 heteroatoms. The molecule has 2 fully saturated rings. The highest BCUT2D eigenvalue weighted by Gasteiger charge is 2.42. The van der Waals surface area contributed by atoms with Gasteiger partial charge in [-0.25, -0.2) is 8.42 Å². The van der Waals surface area contributed by atoms with Crippen LogP contribution in [0.1, 0.15) is 25.7 Å². The van der Waals surface area contributed by atoms with Crippen LogP contribution in [0.3, 0.4) is 0 Å². The van der Waals surface area contributed by atoms with Crippen molar-refractivity contribution in [1.29, 1.82) is 0 Å². The number of likely N-dealkylation sites (tertiary alicyclic amines) is 1. The van der Waals surface area contributed by atoms with Gasteiger partial charge in [-0.3, -0.25) is 14.9 Å². The van der Waals surface area contributed by atoms with Crippen LogP contribution in [-0.4, -0.2) is 60.2 Å². The van der Waals surface area contributed by atoms with E-state index in [1.54, 1.807) is 4.90 Å². The van der Waals surface area contributed by atoms with Gasteiger partial charge in [0.25, 0.3) is 5.69 Å². The van der Waals surface area contributed by atoms with Gasteiger partial charge in [0.1, 0.15) is 6.04 Å². The number of carbonyl (C=O) groups is 1. The van der Waals surface area contributed by atoms with Crippen molar-refractivity contribution in [3.63, 3.8) is 0 Å².